The molecule has 1 heterocycles. The molecule has 100 valence electrons. The Morgan fingerprint density at radius 2 is 2.05 bits per heavy atom. The van der Waals surface area contributed by atoms with Gasteiger partial charge in [0, 0.05) is 15.7 Å². The van der Waals surface area contributed by atoms with Crippen molar-refractivity contribution in [2.24, 2.45) is 5.84 Å². The number of aryl methyl sites for hydroxylation is 1. The number of aromatic nitrogens is 1. The zero-order valence-electron chi connectivity index (χ0n) is 10.5. The topological polar surface area (TPSA) is 50.9 Å². The fourth-order valence-corrected chi connectivity index (χ4v) is 2.32. The first-order valence-electron chi connectivity index (χ1n) is 5.94. The van der Waals surface area contributed by atoms with Gasteiger partial charge in [0.2, 0.25) is 0 Å². The van der Waals surface area contributed by atoms with E-state index in [-0.39, 0.29) is 6.04 Å². The minimum atomic E-state index is -0.101. The number of halogens is 2. The summed E-state index contributed by atoms with van der Waals surface area (Å²) in [6, 6.07) is 11.2. The number of hydrogen-bond donors (Lipinski definition) is 2. The van der Waals surface area contributed by atoms with Crippen molar-refractivity contribution in [3.8, 4) is 0 Å². The minimum Gasteiger partial charge on any atom is -0.271 e. The zero-order valence-corrected chi connectivity index (χ0v) is 12.0. The normalized spacial score (nSPS) is 12.4. The number of nitrogens with two attached hydrogens (primary N) is 1. The average molecular weight is 296 g/mol. The maximum absolute atomic E-state index is 6.17. The van der Waals surface area contributed by atoms with E-state index in [0.29, 0.717) is 16.5 Å². The van der Waals surface area contributed by atoms with Crippen molar-refractivity contribution in [2.45, 2.75) is 19.4 Å². The van der Waals surface area contributed by atoms with Gasteiger partial charge in [0.15, 0.2) is 0 Å². The van der Waals surface area contributed by atoms with Gasteiger partial charge >= 0.3 is 0 Å². The summed E-state index contributed by atoms with van der Waals surface area (Å²) in [5.41, 5.74) is 5.56. The molecule has 0 saturated heterocycles. The lowest BCUT2D eigenvalue weighted by molar-refractivity contribution is 0.537. The van der Waals surface area contributed by atoms with Crippen LogP contribution in [-0.4, -0.2) is 4.98 Å². The summed E-state index contributed by atoms with van der Waals surface area (Å²) in [4.78, 5) is 4.47. The second-order valence-electron chi connectivity index (χ2n) is 4.36. The van der Waals surface area contributed by atoms with Crippen LogP contribution in [0.4, 0.5) is 0 Å². The van der Waals surface area contributed by atoms with Crippen LogP contribution in [0.2, 0.25) is 10.0 Å². The zero-order chi connectivity index (χ0) is 13.8. The molecule has 0 aliphatic rings. The van der Waals surface area contributed by atoms with Gasteiger partial charge in [-0.05, 0) is 49.2 Å². The lowest BCUT2D eigenvalue weighted by Gasteiger charge is -2.17. The molecular weight excluding hydrogens is 281 g/mol. The molecule has 0 radical (unpaired) electrons. The molecule has 0 amide bonds. The Kier molecular flexibility index (Phi) is 4.77. The summed E-state index contributed by atoms with van der Waals surface area (Å²) >= 11 is 12.2. The van der Waals surface area contributed by atoms with E-state index in [2.05, 4.69) is 10.4 Å². The molecule has 3 N–H and O–H groups in total. The summed E-state index contributed by atoms with van der Waals surface area (Å²) in [6.45, 7) is 1.95. The first-order valence-corrected chi connectivity index (χ1v) is 6.69. The minimum absolute atomic E-state index is 0.101. The SMILES string of the molecule is Cc1cccc(C(Cc2cc(Cl)ccc2Cl)NN)n1. The standard InChI is InChI=1S/C14H15Cl2N3/c1-9-3-2-4-13(18-9)14(19-17)8-10-7-11(15)5-6-12(10)16/h2-7,14,19H,8,17H2,1H3. The van der Waals surface area contributed by atoms with E-state index in [1.807, 2.05) is 31.2 Å². The molecular formula is C14H15Cl2N3. The Hall–Kier alpha value is -1.13. The number of rotatable bonds is 4. The van der Waals surface area contributed by atoms with Crippen LogP contribution in [0.1, 0.15) is 23.0 Å². The maximum atomic E-state index is 6.17. The Bertz CT molecular complexity index is 572. The van der Waals surface area contributed by atoms with Crippen molar-refractivity contribution in [3.05, 3.63) is 63.4 Å². The second-order valence-corrected chi connectivity index (χ2v) is 5.21. The smallest absolute Gasteiger partial charge is 0.0673 e. The van der Waals surface area contributed by atoms with Gasteiger partial charge in [0.25, 0.3) is 0 Å². The van der Waals surface area contributed by atoms with E-state index in [4.69, 9.17) is 29.0 Å². The fraction of sp³-hybridized carbons (Fsp3) is 0.214. The molecule has 2 aromatic rings. The lowest BCUT2D eigenvalue weighted by atomic mass is 10.0. The van der Waals surface area contributed by atoms with Crippen LogP contribution >= 0.6 is 23.2 Å². The summed E-state index contributed by atoms with van der Waals surface area (Å²) in [6.07, 6.45) is 0.631. The number of hydrazine groups is 1. The van der Waals surface area contributed by atoms with Crippen LogP contribution in [0, 0.1) is 6.92 Å². The molecule has 3 nitrogen and oxygen atoms in total. The average Bonchev–Trinajstić information content (AvgIpc) is 2.39. The van der Waals surface area contributed by atoms with Crippen molar-refractivity contribution in [2.75, 3.05) is 0 Å². The maximum Gasteiger partial charge on any atom is 0.0673 e. The van der Waals surface area contributed by atoms with Crippen molar-refractivity contribution >= 4 is 23.2 Å². The monoisotopic (exact) mass is 295 g/mol. The van der Waals surface area contributed by atoms with Crippen molar-refractivity contribution in [3.63, 3.8) is 0 Å². The van der Waals surface area contributed by atoms with Crippen LogP contribution in [0.25, 0.3) is 0 Å². The lowest BCUT2D eigenvalue weighted by Crippen LogP contribution is -2.30. The van der Waals surface area contributed by atoms with Gasteiger partial charge in [-0.1, -0.05) is 29.3 Å². The predicted molar refractivity (Wildman–Crippen MR) is 79.2 cm³/mol. The first-order chi connectivity index (χ1) is 9.10. The Balaban J connectivity index is 2.26. The number of nitrogens with one attached hydrogen (secondary N) is 1. The number of nitrogens with zero attached hydrogens (tertiary/aromatic N) is 1. The van der Waals surface area contributed by atoms with Crippen molar-refractivity contribution in [1.29, 1.82) is 0 Å². The van der Waals surface area contributed by atoms with Crippen LogP contribution in [0.3, 0.4) is 0 Å². The molecule has 0 fully saturated rings. The molecule has 1 aromatic carbocycles. The van der Waals surface area contributed by atoms with E-state index >= 15 is 0 Å². The largest absolute Gasteiger partial charge is 0.271 e. The quantitative estimate of drug-likeness (QED) is 0.671. The Morgan fingerprint density at radius 3 is 2.74 bits per heavy atom. The summed E-state index contributed by atoms with van der Waals surface area (Å²) in [7, 11) is 0. The van der Waals surface area contributed by atoms with E-state index in [9.17, 15) is 0 Å². The van der Waals surface area contributed by atoms with Gasteiger partial charge in [-0.3, -0.25) is 16.3 Å². The van der Waals surface area contributed by atoms with Gasteiger partial charge in [0.1, 0.15) is 0 Å². The molecule has 0 bridgehead atoms. The van der Waals surface area contributed by atoms with Crippen LogP contribution in [0.15, 0.2) is 36.4 Å². The molecule has 0 aliphatic heterocycles. The van der Waals surface area contributed by atoms with E-state index in [1.165, 1.54) is 0 Å². The highest BCUT2D eigenvalue weighted by molar-refractivity contribution is 6.33. The molecule has 0 spiro atoms. The highest BCUT2D eigenvalue weighted by atomic mass is 35.5. The summed E-state index contributed by atoms with van der Waals surface area (Å²) in [5.74, 6) is 5.62. The second kappa shape index (κ2) is 6.35. The Labute approximate surface area is 122 Å². The highest BCUT2D eigenvalue weighted by Gasteiger charge is 2.14. The third kappa shape index (κ3) is 3.67. The fourth-order valence-electron chi connectivity index (χ4n) is 1.93. The molecule has 1 atom stereocenters. The molecule has 0 aliphatic carbocycles. The first kappa shape index (κ1) is 14.3. The molecule has 19 heavy (non-hydrogen) atoms. The summed E-state index contributed by atoms with van der Waals surface area (Å²) in [5, 5.41) is 1.34. The van der Waals surface area contributed by atoms with Crippen LogP contribution in [-0.2, 0) is 6.42 Å². The number of pyridine rings is 1. The van der Waals surface area contributed by atoms with Crippen molar-refractivity contribution in [1.82, 2.24) is 10.4 Å². The third-order valence-electron chi connectivity index (χ3n) is 2.90. The molecule has 2 rings (SSSR count). The van der Waals surface area contributed by atoms with E-state index in [1.54, 1.807) is 12.1 Å². The molecule has 1 aromatic heterocycles. The van der Waals surface area contributed by atoms with Gasteiger partial charge in [-0.25, -0.2) is 0 Å². The van der Waals surface area contributed by atoms with E-state index < -0.39 is 0 Å². The van der Waals surface area contributed by atoms with Gasteiger partial charge in [-0.2, -0.15) is 0 Å². The number of benzene rings is 1. The van der Waals surface area contributed by atoms with E-state index in [0.717, 1.165) is 17.0 Å². The van der Waals surface area contributed by atoms with Crippen LogP contribution in [0.5, 0.6) is 0 Å². The van der Waals surface area contributed by atoms with Gasteiger partial charge in [-0.15, -0.1) is 0 Å². The molecule has 0 saturated carbocycles. The molecule has 1 unspecified atom stereocenters. The van der Waals surface area contributed by atoms with Crippen LogP contribution < -0.4 is 11.3 Å². The van der Waals surface area contributed by atoms with Gasteiger partial charge < -0.3 is 0 Å². The Morgan fingerprint density at radius 1 is 1.26 bits per heavy atom. The van der Waals surface area contributed by atoms with Gasteiger partial charge in [0.05, 0.1) is 11.7 Å². The van der Waals surface area contributed by atoms with Crippen molar-refractivity contribution < 1.29 is 0 Å². The molecule has 5 heteroatoms. The third-order valence-corrected chi connectivity index (χ3v) is 3.50. The number of hydrogen-bond acceptors (Lipinski definition) is 3. The summed E-state index contributed by atoms with van der Waals surface area (Å²) < 4.78 is 0. The predicted octanol–water partition coefficient (Wildman–Crippen LogP) is 3.44. The highest BCUT2D eigenvalue weighted by Crippen LogP contribution is 2.25.